The lowest BCUT2D eigenvalue weighted by molar-refractivity contribution is 0.225. The Labute approximate surface area is 105 Å². The summed E-state index contributed by atoms with van der Waals surface area (Å²) in [5, 5.41) is 7.33. The standard InChI is InChI=1S/C12H15N5O/c1-2-10(8-14-3-1)12-15-11(16-18-12)9-17-6-4-13-5-7-17/h1-3,8,13H,4-7,9H2. The molecule has 0 saturated carbocycles. The van der Waals surface area contributed by atoms with Crippen LogP contribution in [-0.4, -0.2) is 46.2 Å². The lowest BCUT2D eigenvalue weighted by Gasteiger charge is -2.25. The van der Waals surface area contributed by atoms with Gasteiger partial charge in [-0.05, 0) is 12.1 Å². The third-order valence-electron chi connectivity index (χ3n) is 2.95. The van der Waals surface area contributed by atoms with Crippen LogP contribution in [0.2, 0.25) is 0 Å². The van der Waals surface area contributed by atoms with Crippen LogP contribution in [0.5, 0.6) is 0 Å². The number of nitrogens with zero attached hydrogens (tertiary/aromatic N) is 4. The highest BCUT2D eigenvalue weighted by atomic mass is 16.5. The Bertz CT molecular complexity index is 492. The Hall–Kier alpha value is -1.79. The lowest BCUT2D eigenvalue weighted by atomic mass is 10.3. The molecule has 1 aliphatic heterocycles. The van der Waals surface area contributed by atoms with Gasteiger partial charge in [0, 0.05) is 38.6 Å². The van der Waals surface area contributed by atoms with Gasteiger partial charge in [-0.15, -0.1) is 0 Å². The summed E-state index contributed by atoms with van der Waals surface area (Å²) in [7, 11) is 0. The van der Waals surface area contributed by atoms with E-state index in [4.69, 9.17) is 4.52 Å². The maximum atomic E-state index is 5.25. The van der Waals surface area contributed by atoms with Gasteiger partial charge in [-0.2, -0.15) is 4.98 Å². The Morgan fingerprint density at radius 3 is 3.00 bits per heavy atom. The van der Waals surface area contributed by atoms with Crippen LogP contribution in [0.1, 0.15) is 5.82 Å². The minimum absolute atomic E-state index is 0.535. The summed E-state index contributed by atoms with van der Waals surface area (Å²) in [5.74, 6) is 1.27. The van der Waals surface area contributed by atoms with Gasteiger partial charge in [0.05, 0.1) is 12.1 Å². The van der Waals surface area contributed by atoms with Crippen LogP contribution in [0.25, 0.3) is 11.5 Å². The van der Waals surface area contributed by atoms with Crippen molar-refractivity contribution in [1.29, 1.82) is 0 Å². The third-order valence-corrected chi connectivity index (χ3v) is 2.95. The number of pyridine rings is 1. The highest BCUT2D eigenvalue weighted by Crippen LogP contribution is 2.15. The normalized spacial score (nSPS) is 16.9. The van der Waals surface area contributed by atoms with Crippen LogP contribution in [-0.2, 0) is 6.54 Å². The van der Waals surface area contributed by atoms with Crippen LogP contribution in [0.3, 0.4) is 0 Å². The first kappa shape index (κ1) is 11.3. The monoisotopic (exact) mass is 245 g/mol. The average Bonchev–Trinajstić information content (AvgIpc) is 2.89. The SMILES string of the molecule is c1cncc(-c2nc(CN3CCNCC3)no2)c1. The van der Waals surface area contributed by atoms with E-state index in [1.54, 1.807) is 12.4 Å². The van der Waals surface area contributed by atoms with E-state index in [1.165, 1.54) is 0 Å². The second-order valence-corrected chi connectivity index (χ2v) is 4.28. The number of hydrogen-bond donors (Lipinski definition) is 1. The van der Waals surface area contributed by atoms with E-state index in [-0.39, 0.29) is 0 Å². The van der Waals surface area contributed by atoms with E-state index in [0.29, 0.717) is 5.89 Å². The zero-order valence-corrected chi connectivity index (χ0v) is 10.0. The summed E-state index contributed by atoms with van der Waals surface area (Å²) in [4.78, 5) is 10.7. The Morgan fingerprint density at radius 1 is 1.33 bits per heavy atom. The first-order valence-electron chi connectivity index (χ1n) is 6.08. The van der Waals surface area contributed by atoms with Crippen LogP contribution in [0.4, 0.5) is 0 Å². The van der Waals surface area contributed by atoms with Crippen molar-refractivity contribution in [2.75, 3.05) is 26.2 Å². The lowest BCUT2D eigenvalue weighted by Crippen LogP contribution is -2.43. The molecule has 6 nitrogen and oxygen atoms in total. The highest BCUT2D eigenvalue weighted by molar-refractivity contribution is 5.50. The van der Waals surface area contributed by atoms with Gasteiger partial charge in [0.25, 0.3) is 5.89 Å². The molecular weight excluding hydrogens is 230 g/mol. The maximum absolute atomic E-state index is 5.25. The number of aromatic nitrogens is 3. The molecule has 0 aromatic carbocycles. The fraction of sp³-hybridized carbons (Fsp3) is 0.417. The molecule has 0 radical (unpaired) electrons. The maximum Gasteiger partial charge on any atom is 0.259 e. The van der Waals surface area contributed by atoms with E-state index in [1.807, 2.05) is 12.1 Å². The molecule has 2 aromatic heterocycles. The first-order valence-corrected chi connectivity index (χ1v) is 6.08. The Morgan fingerprint density at radius 2 is 2.22 bits per heavy atom. The zero-order chi connectivity index (χ0) is 12.2. The van der Waals surface area contributed by atoms with Gasteiger partial charge in [-0.25, -0.2) is 0 Å². The molecule has 1 N–H and O–H groups in total. The van der Waals surface area contributed by atoms with Gasteiger partial charge in [0.2, 0.25) is 0 Å². The predicted molar refractivity (Wildman–Crippen MR) is 65.7 cm³/mol. The first-order chi connectivity index (χ1) is 8.92. The van der Waals surface area contributed by atoms with Gasteiger partial charge in [0.1, 0.15) is 0 Å². The van der Waals surface area contributed by atoms with Gasteiger partial charge in [-0.1, -0.05) is 5.16 Å². The molecule has 2 aromatic rings. The molecule has 0 bridgehead atoms. The van der Waals surface area contributed by atoms with Crippen LogP contribution in [0, 0.1) is 0 Å². The van der Waals surface area contributed by atoms with E-state index in [2.05, 4.69) is 25.3 Å². The van der Waals surface area contributed by atoms with E-state index >= 15 is 0 Å². The third kappa shape index (κ3) is 2.55. The van der Waals surface area contributed by atoms with Crippen molar-refractivity contribution in [1.82, 2.24) is 25.3 Å². The highest BCUT2D eigenvalue weighted by Gasteiger charge is 2.14. The summed E-state index contributed by atoms with van der Waals surface area (Å²) in [6.07, 6.45) is 3.45. The molecule has 3 heterocycles. The molecule has 1 aliphatic rings. The molecule has 0 amide bonds. The summed E-state index contributed by atoms with van der Waals surface area (Å²) < 4.78 is 5.25. The van der Waals surface area contributed by atoms with Crippen molar-refractivity contribution in [3.8, 4) is 11.5 Å². The van der Waals surface area contributed by atoms with Crippen LogP contribution in [0.15, 0.2) is 29.0 Å². The minimum atomic E-state index is 0.535. The minimum Gasteiger partial charge on any atom is -0.334 e. The van der Waals surface area contributed by atoms with Crippen molar-refractivity contribution in [3.63, 3.8) is 0 Å². The number of nitrogens with one attached hydrogen (secondary N) is 1. The van der Waals surface area contributed by atoms with Crippen molar-refractivity contribution in [2.24, 2.45) is 0 Å². The summed E-state index contributed by atoms with van der Waals surface area (Å²) >= 11 is 0. The predicted octanol–water partition coefficient (Wildman–Crippen LogP) is 0.537. The van der Waals surface area contributed by atoms with Crippen molar-refractivity contribution < 1.29 is 4.52 Å². The summed E-state index contributed by atoms with van der Waals surface area (Å²) in [6, 6.07) is 3.77. The van der Waals surface area contributed by atoms with E-state index in [9.17, 15) is 0 Å². The quantitative estimate of drug-likeness (QED) is 0.851. The molecule has 1 fully saturated rings. The fourth-order valence-corrected chi connectivity index (χ4v) is 1.99. The average molecular weight is 245 g/mol. The van der Waals surface area contributed by atoms with E-state index < -0.39 is 0 Å². The van der Waals surface area contributed by atoms with Gasteiger partial charge >= 0.3 is 0 Å². The molecule has 94 valence electrons. The molecule has 18 heavy (non-hydrogen) atoms. The van der Waals surface area contributed by atoms with Gasteiger partial charge < -0.3 is 9.84 Å². The largest absolute Gasteiger partial charge is 0.334 e. The molecule has 1 saturated heterocycles. The van der Waals surface area contributed by atoms with Crippen molar-refractivity contribution in [2.45, 2.75) is 6.54 Å². The van der Waals surface area contributed by atoms with Crippen molar-refractivity contribution >= 4 is 0 Å². The zero-order valence-electron chi connectivity index (χ0n) is 10.0. The molecule has 0 aliphatic carbocycles. The topological polar surface area (TPSA) is 67.1 Å². The van der Waals surface area contributed by atoms with Crippen molar-refractivity contribution in [3.05, 3.63) is 30.4 Å². The molecule has 3 rings (SSSR count). The fourth-order valence-electron chi connectivity index (χ4n) is 1.99. The smallest absolute Gasteiger partial charge is 0.259 e. The molecule has 0 atom stereocenters. The molecule has 6 heteroatoms. The molecule has 0 spiro atoms. The van der Waals surface area contributed by atoms with Gasteiger partial charge in [-0.3, -0.25) is 9.88 Å². The summed E-state index contributed by atoms with van der Waals surface area (Å²) in [6.45, 7) is 4.83. The van der Waals surface area contributed by atoms with Gasteiger partial charge in [0.15, 0.2) is 5.82 Å². The molecular formula is C12H15N5O. The number of piperazine rings is 1. The summed E-state index contributed by atoms with van der Waals surface area (Å²) in [5.41, 5.74) is 0.858. The van der Waals surface area contributed by atoms with E-state index in [0.717, 1.165) is 44.1 Å². The second-order valence-electron chi connectivity index (χ2n) is 4.28. The second kappa shape index (κ2) is 5.24. The van der Waals surface area contributed by atoms with Crippen LogP contribution >= 0.6 is 0 Å². The van der Waals surface area contributed by atoms with Crippen LogP contribution < -0.4 is 5.32 Å². The number of rotatable bonds is 3. The Balaban J connectivity index is 1.69. The Kier molecular flexibility index (Phi) is 3.29. The molecule has 0 unspecified atom stereocenters. The number of hydrogen-bond acceptors (Lipinski definition) is 6.